The predicted octanol–water partition coefficient (Wildman–Crippen LogP) is 3.45. The third-order valence-corrected chi connectivity index (χ3v) is 4.99. The maximum absolute atomic E-state index is 12.1. The highest BCUT2D eigenvalue weighted by Crippen LogP contribution is 2.29. The molecule has 0 aromatic heterocycles. The Morgan fingerprint density at radius 2 is 2.04 bits per heavy atom. The summed E-state index contributed by atoms with van der Waals surface area (Å²) in [4.78, 5) is 14.3. The lowest BCUT2D eigenvalue weighted by Crippen LogP contribution is -2.28. The van der Waals surface area contributed by atoms with E-state index < -0.39 is 6.10 Å². The van der Waals surface area contributed by atoms with E-state index >= 15 is 0 Å². The molecule has 2 N–H and O–H groups in total. The summed E-state index contributed by atoms with van der Waals surface area (Å²) < 4.78 is 0. The molecule has 2 aromatic rings. The number of amides is 1. The first kappa shape index (κ1) is 17.1. The van der Waals surface area contributed by atoms with Crippen molar-refractivity contribution in [1.29, 1.82) is 0 Å². The predicted molar refractivity (Wildman–Crippen MR) is 97.2 cm³/mol. The Labute approximate surface area is 151 Å². The van der Waals surface area contributed by atoms with Crippen LogP contribution in [0, 0.1) is 0 Å². The largest absolute Gasteiger partial charge is 0.387 e. The van der Waals surface area contributed by atoms with E-state index in [1.165, 1.54) is 17.3 Å². The van der Waals surface area contributed by atoms with Crippen LogP contribution in [-0.2, 0) is 6.42 Å². The number of nitrogens with zero attached hydrogens (tertiary/aromatic N) is 1. The van der Waals surface area contributed by atoms with E-state index in [1.807, 2.05) is 18.2 Å². The number of benzene rings is 2. The molecule has 1 aliphatic rings. The first-order valence-corrected chi connectivity index (χ1v) is 8.46. The molecule has 0 radical (unpaired) electrons. The van der Waals surface area contributed by atoms with Gasteiger partial charge >= 0.3 is 0 Å². The van der Waals surface area contributed by atoms with E-state index in [9.17, 15) is 9.90 Å². The van der Waals surface area contributed by atoms with Crippen molar-refractivity contribution < 1.29 is 9.90 Å². The molecule has 126 valence electrons. The molecule has 1 unspecified atom stereocenters. The lowest BCUT2D eigenvalue weighted by atomic mass is 10.0. The van der Waals surface area contributed by atoms with Crippen LogP contribution in [0.3, 0.4) is 0 Å². The lowest BCUT2D eigenvalue weighted by molar-refractivity contribution is 0.0916. The van der Waals surface area contributed by atoms with Gasteiger partial charge in [0.05, 0.1) is 16.1 Å². The third kappa shape index (κ3) is 3.51. The third-order valence-electron chi connectivity index (χ3n) is 4.25. The van der Waals surface area contributed by atoms with Crippen molar-refractivity contribution in [2.75, 3.05) is 25.0 Å². The molecule has 1 amide bonds. The van der Waals surface area contributed by atoms with Crippen molar-refractivity contribution in [3.8, 4) is 0 Å². The van der Waals surface area contributed by atoms with Crippen molar-refractivity contribution in [2.45, 2.75) is 12.5 Å². The normalized spacial score (nSPS) is 14.4. The summed E-state index contributed by atoms with van der Waals surface area (Å²) in [6.07, 6.45) is 0.218. The minimum absolute atomic E-state index is 0.133. The van der Waals surface area contributed by atoms with Gasteiger partial charge in [-0.25, -0.2) is 0 Å². The molecule has 2 aromatic carbocycles. The van der Waals surface area contributed by atoms with Gasteiger partial charge in [-0.2, -0.15) is 0 Å². The highest BCUT2D eigenvalue weighted by molar-refractivity contribution is 6.42. The molecular formula is C18H18Cl2N2O2. The fourth-order valence-corrected chi connectivity index (χ4v) is 3.14. The number of fused-ring (bicyclic) bond motifs is 1. The molecule has 1 heterocycles. The van der Waals surface area contributed by atoms with Crippen LogP contribution in [0.4, 0.5) is 5.69 Å². The Bertz CT molecular complexity index is 780. The summed E-state index contributed by atoms with van der Waals surface area (Å²) in [5.74, 6) is -0.298. The molecule has 3 rings (SSSR count). The molecule has 1 aliphatic heterocycles. The van der Waals surface area contributed by atoms with Crippen LogP contribution in [0.2, 0.25) is 10.0 Å². The number of carbonyl (C=O) groups is 1. The Morgan fingerprint density at radius 3 is 2.79 bits per heavy atom. The summed E-state index contributed by atoms with van der Waals surface area (Å²) in [6.45, 7) is 1.12. The van der Waals surface area contributed by atoms with Crippen molar-refractivity contribution in [1.82, 2.24) is 5.32 Å². The van der Waals surface area contributed by atoms with Crippen LogP contribution in [-0.4, -0.2) is 31.2 Å². The molecule has 0 saturated heterocycles. The number of hydrogen-bond acceptors (Lipinski definition) is 3. The highest BCUT2D eigenvalue weighted by Gasteiger charge is 2.18. The van der Waals surface area contributed by atoms with Gasteiger partial charge in [0.2, 0.25) is 0 Å². The Balaban J connectivity index is 1.64. The molecule has 4 nitrogen and oxygen atoms in total. The zero-order valence-corrected chi connectivity index (χ0v) is 14.7. The molecule has 0 spiro atoms. The van der Waals surface area contributed by atoms with Gasteiger partial charge < -0.3 is 15.3 Å². The van der Waals surface area contributed by atoms with Gasteiger partial charge in [0.15, 0.2) is 0 Å². The molecule has 0 fully saturated rings. The number of nitrogens with one attached hydrogen (secondary N) is 1. The molecule has 24 heavy (non-hydrogen) atoms. The quantitative estimate of drug-likeness (QED) is 0.873. The number of aliphatic hydroxyl groups excluding tert-OH is 1. The standard InChI is InChI=1S/C18H18Cl2N2O2/c1-22-7-6-11-8-12(3-5-16(11)22)17(23)10-21-18(24)13-2-4-14(19)15(20)9-13/h2-5,8-9,17,23H,6-7,10H2,1H3,(H,21,24). The molecule has 0 saturated carbocycles. The van der Waals surface area contributed by atoms with Gasteiger partial charge in [-0.1, -0.05) is 35.3 Å². The summed E-state index contributed by atoms with van der Waals surface area (Å²) in [5.41, 5.74) is 3.64. The minimum Gasteiger partial charge on any atom is -0.387 e. The lowest BCUT2D eigenvalue weighted by Gasteiger charge is -2.15. The molecular weight excluding hydrogens is 347 g/mol. The maximum atomic E-state index is 12.1. The van der Waals surface area contributed by atoms with E-state index in [2.05, 4.69) is 17.3 Å². The molecule has 0 aliphatic carbocycles. The Kier molecular flexibility index (Phi) is 4.99. The van der Waals surface area contributed by atoms with Crippen LogP contribution >= 0.6 is 23.2 Å². The van der Waals surface area contributed by atoms with Crippen molar-refractivity contribution in [3.63, 3.8) is 0 Å². The number of halogens is 2. The van der Waals surface area contributed by atoms with E-state index in [0.29, 0.717) is 15.6 Å². The van der Waals surface area contributed by atoms with Crippen LogP contribution < -0.4 is 10.2 Å². The molecule has 6 heteroatoms. The number of aliphatic hydroxyl groups is 1. The van der Waals surface area contributed by atoms with Gasteiger partial charge in [-0.3, -0.25) is 4.79 Å². The highest BCUT2D eigenvalue weighted by atomic mass is 35.5. The minimum atomic E-state index is -0.757. The molecule has 1 atom stereocenters. The number of likely N-dealkylation sites (N-methyl/N-ethyl adjacent to an activating group) is 1. The second-order valence-electron chi connectivity index (χ2n) is 5.91. The number of carbonyl (C=O) groups excluding carboxylic acids is 1. The van der Waals surface area contributed by atoms with Gasteiger partial charge in [-0.05, 0) is 41.8 Å². The van der Waals surface area contributed by atoms with Crippen molar-refractivity contribution in [3.05, 3.63) is 63.1 Å². The second-order valence-corrected chi connectivity index (χ2v) is 6.73. The first-order chi connectivity index (χ1) is 11.5. The zero-order valence-electron chi connectivity index (χ0n) is 13.2. The summed E-state index contributed by atoms with van der Waals surface area (Å²) >= 11 is 11.8. The van der Waals surface area contributed by atoms with E-state index in [0.717, 1.165) is 18.5 Å². The average molecular weight is 365 g/mol. The van der Waals surface area contributed by atoms with Crippen LogP contribution in [0.5, 0.6) is 0 Å². The van der Waals surface area contributed by atoms with Crippen LogP contribution in [0.15, 0.2) is 36.4 Å². The van der Waals surface area contributed by atoms with Gasteiger partial charge in [-0.15, -0.1) is 0 Å². The fraction of sp³-hybridized carbons (Fsp3) is 0.278. The number of rotatable bonds is 4. The van der Waals surface area contributed by atoms with Crippen LogP contribution in [0.1, 0.15) is 27.6 Å². The van der Waals surface area contributed by atoms with Crippen molar-refractivity contribution >= 4 is 34.8 Å². The van der Waals surface area contributed by atoms with Gasteiger partial charge in [0, 0.05) is 31.4 Å². The zero-order chi connectivity index (χ0) is 17.3. The maximum Gasteiger partial charge on any atom is 0.251 e. The summed E-state index contributed by atoms with van der Waals surface area (Å²) in [7, 11) is 2.05. The van der Waals surface area contributed by atoms with E-state index in [1.54, 1.807) is 12.1 Å². The smallest absolute Gasteiger partial charge is 0.251 e. The number of anilines is 1. The number of hydrogen-bond donors (Lipinski definition) is 2. The second kappa shape index (κ2) is 7.01. The Hall–Kier alpha value is -1.75. The average Bonchev–Trinajstić information content (AvgIpc) is 2.95. The van der Waals surface area contributed by atoms with E-state index in [4.69, 9.17) is 23.2 Å². The first-order valence-electron chi connectivity index (χ1n) is 7.71. The van der Waals surface area contributed by atoms with E-state index in [-0.39, 0.29) is 12.5 Å². The fourth-order valence-electron chi connectivity index (χ4n) is 2.84. The monoisotopic (exact) mass is 364 g/mol. The Morgan fingerprint density at radius 1 is 1.25 bits per heavy atom. The van der Waals surface area contributed by atoms with Gasteiger partial charge in [0.25, 0.3) is 5.91 Å². The topological polar surface area (TPSA) is 52.6 Å². The SMILES string of the molecule is CN1CCc2cc(C(O)CNC(=O)c3ccc(Cl)c(Cl)c3)ccc21. The summed E-state index contributed by atoms with van der Waals surface area (Å²) in [6, 6.07) is 10.6. The van der Waals surface area contributed by atoms with Crippen molar-refractivity contribution in [2.24, 2.45) is 0 Å². The molecule has 0 bridgehead atoms. The van der Waals surface area contributed by atoms with Gasteiger partial charge in [0.1, 0.15) is 0 Å². The van der Waals surface area contributed by atoms with Crippen LogP contribution in [0.25, 0.3) is 0 Å². The summed E-state index contributed by atoms with van der Waals surface area (Å²) in [5, 5.41) is 13.8.